The molecule has 2 amide bonds. The van der Waals surface area contributed by atoms with E-state index in [1.165, 1.54) is 6.42 Å². The molecule has 5 N–H and O–H groups in total. The average Bonchev–Trinajstić information content (AvgIpc) is 3.43. The van der Waals surface area contributed by atoms with Crippen molar-refractivity contribution < 1.29 is 19.5 Å². The first-order valence-electron chi connectivity index (χ1n) is 19.7. The summed E-state index contributed by atoms with van der Waals surface area (Å²) in [7, 11) is 8.03. The molecule has 1 saturated heterocycles. The number of fused-ring (bicyclic) bond motifs is 2. The van der Waals surface area contributed by atoms with Crippen molar-refractivity contribution in [2.45, 2.75) is 112 Å². The second-order valence-corrected chi connectivity index (χ2v) is 18.7. The molecule has 2 bridgehead atoms. The number of anilines is 1. The fourth-order valence-corrected chi connectivity index (χ4v) is 9.63. The predicted molar refractivity (Wildman–Crippen MR) is 214 cm³/mol. The third-order valence-corrected chi connectivity index (χ3v) is 12.7. The first-order chi connectivity index (χ1) is 24.7. The molecule has 3 aliphatic carbocycles. The minimum Gasteiger partial charge on any atom is -0.393 e. The van der Waals surface area contributed by atoms with Crippen LogP contribution in [-0.2, 0) is 16.2 Å². The van der Waals surface area contributed by atoms with Crippen LogP contribution in [0.15, 0.2) is 36.4 Å². The second kappa shape index (κ2) is 16.0. The van der Waals surface area contributed by atoms with Gasteiger partial charge in [-0.25, -0.2) is 0 Å². The monoisotopic (exact) mass is 733 g/mol. The normalized spacial score (nSPS) is 27.9. The summed E-state index contributed by atoms with van der Waals surface area (Å²) in [6.45, 7) is 18.7. The highest BCUT2D eigenvalue weighted by Gasteiger charge is 2.57. The number of hydroxylamine groups is 2. The summed E-state index contributed by atoms with van der Waals surface area (Å²) in [5.74, 6) is 0.916. The van der Waals surface area contributed by atoms with Gasteiger partial charge in [-0.2, -0.15) is 5.06 Å². The Morgan fingerprint density at radius 2 is 1.81 bits per heavy atom. The SMILES string of the molecule is Cc1c(CN2O[C@@H](CN)[C@@H]([C@H](C)O)[C@H]2C(=O)NC2C[C@H]3C[C@@H]([C@@H]2C)C3(C)C)cccc1-c1cc(C(=O)N[C@H](CN(C)C)CC(C)(C)C)cc(N(C)C)c1. The van der Waals surface area contributed by atoms with E-state index in [1.54, 1.807) is 12.0 Å². The zero-order chi connectivity index (χ0) is 39.2. The molecule has 4 aliphatic rings. The standard InChI is InChI=1S/C43H68N6O4/c1-25-28(23-49-39(38(27(3)50)37(22-44)53-49)41(52)46-36-20-31-19-35(26(36)2)43(31,7)8)14-13-15-34(25)29-16-30(18-33(17-29)48(11)12)40(51)45-32(24-47(9)10)21-42(4,5)6/h13-18,26-27,31-32,35-39,50H,19-24,44H2,1-12H3,(H,45,51)(H,46,52)/t26-,27-,31+,32-,35-,36?,37-,38+,39-/m0/s1. The largest absolute Gasteiger partial charge is 0.393 e. The van der Waals surface area contributed by atoms with Gasteiger partial charge in [0.1, 0.15) is 6.04 Å². The lowest BCUT2D eigenvalue weighted by molar-refractivity contribution is -0.175. The molecule has 10 heteroatoms. The maximum absolute atomic E-state index is 14.3. The van der Waals surface area contributed by atoms with Crippen LogP contribution in [0.25, 0.3) is 11.1 Å². The van der Waals surface area contributed by atoms with Crippen molar-refractivity contribution in [2.24, 2.45) is 40.2 Å². The maximum atomic E-state index is 14.3. The van der Waals surface area contributed by atoms with Crippen molar-refractivity contribution in [3.05, 3.63) is 53.1 Å². The molecule has 0 spiro atoms. The highest BCUT2D eigenvalue weighted by Crippen LogP contribution is 2.61. The Balaban J connectivity index is 1.42. The highest BCUT2D eigenvalue weighted by molar-refractivity contribution is 5.97. The summed E-state index contributed by atoms with van der Waals surface area (Å²) >= 11 is 0. The summed E-state index contributed by atoms with van der Waals surface area (Å²) < 4.78 is 0. The van der Waals surface area contributed by atoms with Gasteiger partial charge in [0, 0.05) is 56.4 Å². The number of amides is 2. The molecule has 2 aromatic carbocycles. The first-order valence-corrected chi connectivity index (χ1v) is 19.7. The van der Waals surface area contributed by atoms with E-state index < -0.39 is 24.2 Å². The van der Waals surface area contributed by atoms with Gasteiger partial charge in [0.2, 0.25) is 5.91 Å². The lowest BCUT2D eigenvalue weighted by atomic mass is 9.45. The Hall–Kier alpha value is -3.02. The van der Waals surface area contributed by atoms with Crippen molar-refractivity contribution in [3.8, 4) is 11.1 Å². The third kappa shape index (κ3) is 8.94. The van der Waals surface area contributed by atoms with Crippen molar-refractivity contribution in [1.29, 1.82) is 0 Å². The molecule has 1 heterocycles. The van der Waals surface area contributed by atoms with Gasteiger partial charge in [0.05, 0.1) is 18.8 Å². The third-order valence-electron chi connectivity index (χ3n) is 12.7. The second-order valence-electron chi connectivity index (χ2n) is 18.7. The Morgan fingerprint density at radius 1 is 1.11 bits per heavy atom. The number of nitrogens with two attached hydrogens (primary N) is 1. The minimum atomic E-state index is -0.785. The number of nitrogens with zero attached hydrogens (tertiary/aromatic N) is 3. The molecule has 294 valence electrons. The molecular weight excluding hydrogens is 665 g/mol. The number of likely N-dealkylation sites (N-methyl/N-ethyl adjacent to an activating group) is 1. The Labute approximate surface area is 319 Å². The van der Waals surface area contributed by atoms with E-state index >= 15 is 0 Å². The molecule has 1 aliphatic heterocycles. The number of aliphatic hydroxyl groups is 1. The molecule has 10 nitrogen and oxygen atoms in total. The Morgan fingerprint density at radius 3 is 2.38 bits per heavy atom. The van der Waals surface area contributed by atoms with Crippen molar-refractivity contribution in [2.75, 3.05) is 46.2 Å². The molecule has 2 aromatic rings. The van der Waals surface area contributed by atoms with Gasteiger partial charge >= 0.3 is 0 Å². The van der Waals surface area contributed by atoms with Crippen LogP contribution in [-0.4, -0.2) is 98.5 Å². The van der Waals surface area contributed by atoms with Crippen molar-refractivity contribution >= 4 is 17.5 Å². The molecule has 3 saturated carbocycles. The lowest BCUT2D eigenvalue weighted by Crippen LogP contribution is -2.62. The molecule has 4 fully saturated rings. The van der Waals surface area contributed by atoms with Crippen LogP contribution in [0.5, 0.6) is 0 Å². The number of benzene rings is 2. The summed E-state index contributed by atoms with van der Waals surface area (Å²) in [5, 5.41) is 19.5. The fourth-order valence-electron chi connectivity index (χ4n) is 9.63. The average molecular weight is 733 g/mol. The number of nitrogens with one attached hydrogen (secondary N) is 2. The molecule has 0 aromatic heterocycles. The summed E-state index contributed by atoms with van der Waals surface area (Å²) in [6, 6.07) is 11.6. The van der Waals surface area contributed by atoms with Crippen molar-refractivity contribution in [1.82, 2.24) is 20.6 Å². The predicted octanol–water partition coefficient (Wildman–Crippen LogP) is 5.45. The summed E-state index contributed by atoms with van der Waals surface area (Å²) in [6.07, 6.45) is 1.79. The summed E-state index contributed by atoms with van der Waals surface area (Å²) in [4.78, 5) is 38.7. The van der Waals surface area contributed by atoms with Gasteiger partial charge < -0.3 is 31.3 Å². The molecule has 53 heavy (non-hydrogen) atoms. The number of carbonyl (C=O) groups is 2. The number of carbonyl (C=O) groups excluding carboxylic acids is 2. The van der Waals surface area contributed by atoms with E-state index in [4.69, 9.17) is 10.6 Å². The maximum Gasteiger partial charge on any atom is 0.251 e. The highest BCUT2D eigenvalue weighted by atomic mass is 16.7. The number of hydrogen-bond acceptors (Lipinski definition) is 8. The van der Waals surface area contributed by atoms with Gasteiger partial charge in [-0.15, -0.1) is 0 Å². The minimum absolute atomic E-state index is 0.00121. The van der Waals surface area contributed by atoms with Crippen LogP contribution in [0, 0.1) is 41.4 Å². The van der Waals surface area contributed by atoms with Crippen molar-refractivity contribution in [3.63, 3.8) is 0 Å². The van der Waals surface area contributed by atoms with Gasteiger partial charge in [-0.3, -0.25) is 14.4 Å². The van der Waals surface area contributed by atoms with Crippen LogP contribution < -0.4 is 21.3 Å². The van der Waals surface area contributed by atoms with Gasteiger partial charge in [-0.05, 0) is 116 Å². The Kier molecular flexibility index (Phi) is 12.4. The van der Waals surface area contributed by atoms with Crippen LogP contribution >= 0.6 is 0 Å². The fraction of sp³-hybridized carbons (Fsp3) is 0.674. The zero-order valence-corrected chi connectivity index (χ0v) is 34.5. The van der Waals surface area contributed by atoms with Crippen LogP contribution in [0.4, 0.5) is 5.69 Å². The van der Waals surface area contributed by atoms with Gasteiger partial charge in [-0.1, -0.05) is 59.7 Å². The lowest BCUT2D eigenvalue weighted by Gasteiger charge is -2.62. The molecule has 6 rings (SSSR count). The first kappa shape index (κ1) is 41.1. The number of aliphatic hydroxyl groups excluding tert-OH is 1. The zero-order valence-electron chi connectivity index (χ0n) is 34.5. The van der Waals surface area contributed by atoms with E-state index in [2.05, 4.69) is 82.2 Å². The van der Waals surface area contributed by atoms with E-state index in [0.29, 0.717) is 35.3 Å². The summed E-state index contributed by atoms with van der Waals surface area (Å²) in [5.41, 5.74) is 12.1. The molecule has 1 unspecified atom stereocenters. The molecule has 9 atom stereocenters. The molecular formula is C43H68N6O4. The van der Waals surface area contributed by atoms with Crippen LogP contribution in [0.2, 0.25) is 0 Å². The topological polar surface area (TPSA) is 123 Å². The molecule has 0 radical (unpaired) electrons. The van der Waals surface area contributed by atoms with E-state index in [1.807, 2.05) is 51.3 Å². The smallest absolute Gasteiger partial charge is 0.251 e. The van der Waals surface area contributed by atoms with E-state index in [0.717, 1.165) is 47.3 Å². The van der Waals surface area contributed by atoms with Gasteiger partial charge in [0.15, 0.2) is 0 Å². The van der Waals surface area contributed by atoms with Crippen LogP contribution in [0.3, 0.4) is 0 Å². The number of hydrogen-bond donors (Lipinski definition) is 4. The quantitative estimate of drug-likeness (QED) is 0.215. The van der Waals surface area contributed by atoms with E-state index in [-0.39, 0.29) is 35.9 Å². The Bertz CT molecular complexity index is 1620. The van der Waals surface area contributed by atoms with Crippen LogP contribution in [0.1, 0.15) is 89.2 Å². The van der Waals surface area contributed by atoms with Gasteiger partial charge in [0.25, 0.3) is 5.91 Å². The number of rotatable bonds is 13. The van der Waals surface area contributed by atoms with E-state index in [9.17, 15) is 14.7 Å².